The topological polar surface area (TPSA) is 151 Å². The van der Waals surface area contributed by atoms with Crippen molar-refractivity contribution in [1.82, 2.24) is 4.31 Å². The van der Waals surface area contributed by atoms with E-state index in [1.165, 1.54) is 34.8 Å². The quantitative estimate of drug-likeness (QED) is 0.297. The van der Waals surface area contributed by atoms with Crippen LogP contribution in [0, 0.1) is 20.2 Å². The molecule has 4 rings (SSSR count). The Morgan fingerprint density at radius 1 is 0.811 bits per heavy atom. The third kappa shape index (κ3) is 6.23. The van der Waals surface area contributed by atoms with Crippen LogP contribution >= 0.6 is 0 Å². The van der Waals surface area contributed by atoms with Crippen LogP contribution in [0.5, 0.6) is 0 Å². The van der Waals surface area contributed by atoms with E-state index in [1.807, 2.05) is 0 Å². The normalized spacial score (nSPS) is 17.5. The van der Waals surface area contributed by atoms with Crippen LogP contribution in [0.1, 0.15) is 50.5 Å². The Hall–Kier alpha value is -3.58. The molecule has 13 heteroatoms. The minimum absolute atomic E-state index is 0.0799. The molecule has 0 saturated carbocycles. The molecule has 0 radical (unpaired) electrons. The molecule has 2 heterocycles. The first-order valence-electron chi connectivity index (χ1n) is 12.4. The molecule has 0 aliphatic carbocycles. The maximum Gasteiger partial charge on any atom is 0.270 e. The molecule has 2 aromatic carbocycles. The first-order valence-corrected chi connectivity index (χ1v) is 13.8. The zero-order chi connectivity index (χ0) is 26.4. The molecule has 198 valence electrons. The number of hydrogen-bond acceptors (Lipinski definition) is 9. The number of nitro benzene ring substituents is 2. The zero-order valence-corrected chi connectivity index (χ0v) is 21.2. The van der Waals surface area contributed by atoms with E-state index in [9.17, 15) is 28.6 Å². The van der Waals surface area contributed by atoms with Crippen LogP contribution in [0.25, 0.3) is 0 Å². The zero-order valence-electron chi connectivity index (χ0n) is 20.4. The molecule has 2 aliphatic rings. The highest BCUT2D eigenvalue weighted by Gasteiger charge is 2.30. The van der Waals surface area contributed by atoms with Crippen LogP contribution < -0.4 is 10.3 Å². The highest BCUT2D eigenvalue weighted by Crippen LogP contribution is 2.31. The number of nitrogens with one attached hydrogen (secondary N) is 1. The van der Waals surface area contributed by atoms with Gasteiger partial charge in [0, 0.05) is 61.7 Å². The van der Waals surface area contributed by atoms with Gasteiger partial charge in [-0.3, -0.25) is 25.7 Å². The van der Waals surface area contributed by atoms with Crippen molar-refractivity contribution in [2.75, 3.05) is 36.5 Å². The Morgan fingerprint density at radius 2 is 1.38 bits per heavy atom. The summed E-state index contributed by atoms with van der Waals surface area (Å²) >= 11 is 0. The second-order valence-corrected chi connectivity index (χ2v) is 11.1. The number of nitrogens with zero attached hydrogens (tertiary/aromatic N) is 5. The fraction of sp³-hybridized carbons (Fsp3) is 0.458. The lowest BCUT2D eigenvalue weighted by Gasteiger charge is -2.26. The van der Waals surface area contributed by atoms with E-state index in [-0.39, 0.29) is 22.0 Å². The smallest absolute Gasteiger partial charge is 0.270 e. The van der Waals surface area contributed by atoms with Gasteiger partial charge in [-0.25, -0.2) is 8.42 Å². The van der Waals surface area contributed by atoms with Gasteiger partial charge < -0.3 is 4.90 Å². The number of benzene rings is 2. The van der Waals surface area contributed by atoms with Gasteiger partial charge in [0.15, 0.2) is 0 Å². The van der Waals surface area contributed by atoms with Crippen molar-refractivity contribution >= 4 is 39.0 Å². The molecule has 2 saturated heterocycles. The van der Waals surface area contributed by atoms with Crippen molar-refractivity contribution < 1.29 is 18.3 Å². The molecule has 0 bridgehead atoms. The second kappa shape index (κ2) is 11.6. The average molecular weight is 531 g/mol. The van der Waals surface area contributed by atoms with Crippen LogP contribution in [0.15, 0.2) is 46.4 Å². The van der Waals surface area contributed by atoms with Crippen LogP contribution in [-0.2, 0) is 10.0 Å². The van der Waals surface area contributed by atoms with Crippen molar-refractivity contribution in [3.8, 4) is 0 Å². The molecule has 2 aliphatic heterocycles. The number of hydrazone groups is 1. The van der Waals surface area contributed by atoms with E-state index < -0.39 is 19.9 Å². The summed E-state index contributed by atoms with van der Waals surface area (Å²) in [5.41, 5.74) is 3.72. The summed E-state index contributed by atoms with van der Waals surface area (Å²) in [6.45, 7) is 2.35. The lowest BCUT2D eigenvalue weighted by Crippen LogP contribution is -2.35. The van der Waals surface area contributed by atoms with Crippen LogP contribution in [0.3, 0.4) is 0 Å². The average Bonchev–Trinajstić information content (AvgIpc) is 3.18. The molecule has 0 unspecified atom stereocenters. The molecule has 0 spiro atoms. The van der Waals surface area contributed by atoms with Crippen molar-refractivity contribution in [3.63, 3.8) is 0 Å². The fourth-order valence-electron chi connectivity index (χ4n) is 4.70. The van der Waals surface area contributed by atoms with E-state index in [1.54, 1.807) is 6.07 Å². The number of anilines is 2. The van der Waals surface area contributed by atoms with Gasteiger partial charge in [-0.2, -0.15) is 9.41 Å². The summed E-state index contributed by atoms with van der Waals surface area (Å²) in [4.78, 5) is 23.6. The standard InChI is InChI=1S/C24H30N6O6S/c31-29(32)20-9-11-23(27-12-4-1-2-5-13-27)19(16-20)18-25-26-22-10-8-21(30(33)34)17-24(22)37(35,36)28-14-6-3-7-15-28/h8-11,16-18,26H,1-7,12-15H2. The largest absolute Gasteiger partial charge is 0.371 e. The highest BCUT2D eigenvalue weighted by molar-refractivity contribution is 7.89. The number of non-ortho nitro benzene ring substituents is 2. The molecule has 2 aromatic rings. The lowest BCUT2D eigenvalue weighted by molar-refractivity contribution is -0.385. The number of piperidine rings is 1. The molecular weight excluding hydrogens is 500 g/mol. The Labute approximate surface area is 215 Å². The minimum Gasteiger partial charge on any atom is -0.371 e. The number of nitro groups is 2. The predicted molar refractivity (Wildman–Crippen MR) is 141 cm³/mol. The summed E-state index contributed by atoms with van der Waals surface area (Å²) in [7, 11) is -4.00. The van der Waals surface area contributed by atoms with E-state index >= 15 is 0 Å². The molecule has 0 atom stereocenters. The molecule has 2 fully saturated rings. The Balaban J connectivity index is 1.67. The third-order valence-corrected chi connectivity index (χ3v) is 8.60. The molecular formula is C24H30N6O6S. The van der Waals surface area contributed by atoms with Gasteiger partial charge in [0.25, 0.3) is 11.4 Å². The van der Waals surface area contributed by atoms with Gasteiger partial charge in [-0.05, 0) is 37.8 Å². The lowest BCUT2D eigenvalue weighted by atomic mass is 10.1. The van der Waals surface area contributed by atoms with Crippen molar-refractivity contribution in [1.29, 1.82) is 0 Å². The van der Waals surface area contributed by atoms with Crippen molar-refractivity contribution in [3.05, 3.63) is 62.2 Å². The maximum absolute atomic E-state index is 13.4. The minimum atomic E-state index is -4.00. The summed E-state index contributed by atoms with van der Waals surface area (Å²) in [5, 5.41) is 27.0. The number of sulfonamides is 1. The van der Waals surface area contributed by atoms with Crippen LogP contribution in [-0.4, -0.2) is 55.0 Å². The SMILES string of the molecule is O=[N+]([O-])c1ccc(N2CCCCCC2)c(C=NNc2ccc([N+](=O)[O-])cc2S(=O)(=O)N2CCCCC2)c1. The molecule has 0 aromatic heterocycles. The molecule has 12 nitrogen and oxygen atoms in total. The van der Waals surface area contributed by atoms with Gasteiger partial charge in [-0.15, -0.1) is 0 Å². The summed E-state index contributed by atoms with van der Waals surface area (Å²) in [6.07, 6.45) is 8.09. The number of hydrogen-bond donors (Lipinski definition) is 1. The van der Waals surface area contributed by atoms with Crippen LogP contribution in [0.2, 0.25) is 0 Å². The van der Waals surface area contributed by atoms with E-state index in [4.69, 9.17) is 0 Å². The van der Waals surface area contributed by atoms with Gasteiger partial charge in [0.1, 0.15) is 4.90 Å². The molecule has 0 amide bonds. The van der Waals surface area contributed by atoms with Gasteiger partial charge in [0.05, 0.1) is 21.7 Å². The summed E-state index contributed by atoms with van der Waals surface area (Å²) < 4.78 is 28.1. The third-order valence-electron chi connectivity index (χ3n) is 6.67. The van der Waals surface area contributed by atoms with Gasteiger partial charge in [0.2, 0.25) is 10.0 Å². The van der Waals surface area contributed by atoms with Crippen molar-refractivity contribution in [2.45, 2.75) is 49.8 Å². The van der Waals surface area contributed by atoms with Gasteiger partial charge >= 0.3 is 0 Å². The molecule has 37 heavy (non-hydrogen) atoms. The first kappa shape index (κ1) is 26.5. The summed E-state index contributed by atoms with van der Waals surface area (Å²) in [5.74, 6) is 0. The van der Waals surface area contributed by atoms with E-state index in [0.717, 1.165) is 69.8 Å². The maximum atomic E-state index is 13.4. The van der Waals surface area contributed by atoms with E-state index in [0.29, 0.717) is 18.7 Å². The monoisotopic (exact) mass is 530 g/mol. The Morgan fingerprint density at radius 3 is 2.03 bits per heavy atom. The van der Waals surface area contributed by atoms with E-state index in [2.05, 4.69) is 15.4 Å². The Kier molecular flexibility index (Phi) is 8.34. The molecule has 1 N–H and O–H groups in total. The Bertz CT molecular complexity index is 1280. The number of rotatable bonds is 8. The predicted octanol–water partition coefficient (Wildman–Crippen LogP) is 4.50. The summed E-state index contributed by atoms with van der Waals surface area (Å²) in [6, 6.07) is 8.18. The highest BCUT2D eigenvalue weighted by atomic mass is 32.2. The van der Waals surface area contributed by atoms with Crippen molar-refractivity contribution in [2.24, 2.45) is 5.10 Å². The van der Waals surface area contributed by atoms with Gasteiger partial charge in [-0.1, -0.05) is 19.3 Å². The second-order valence-electron chi connectivity index (χ2n) is 9.17. The van der Waals surface area contributed by atoms with Crippen LogP contribution in [0.4, 0.5) is 22.7 Å². The fourth-order valence-corrected chi connectivity index (χ4v) is 6.38. The first-order chi connectivity index (χ1) is 17.8.